The second kappa shape index (κ2) is 4.61. The van der Waals surface area contributed by atoms with Crippen molar-refractivity contribution in [1.82, 2.24) is 0 Å². The molecule has 1 N–H and O–H groups in total. The van der Waals surface area contributed by atoms with Crippen molar-refractivity contribution in [3.05, 3.63) is 23.8 Å². The molecule has 0 amide bonds. The molecule has 1 aliphatic rings. The van der Waals surface area contributed by atoms with E-state index in [-0.39, 0.29) is 18.1 Å². The number of methoxy groups -OCH3 is 1. The van der Waals surface area contributed by atoms with Gasteiger partial charge in [0.25, 0.3) is 0 Å². The SMILES string of the molecule is COc1ccc2c(c1)C(CCC(=O)O)CS2(=O)=O. The van der Waals surface area contributed by atoms with Crippen LogP contribution in [0.2, 0.25) is 0 Å². The standard InChI is InChI=1S/C12H14O5S/c1-17-9-3-4-11-10(6-9)8(2-5-12(13)14)7-18(11,15)16/h3-4,6,8H,2,5,7H2,1H3,(H,13,14). The highest BCUT2D eigenvalue weighted by molar-refractivity contribution is 7.91. The quantitative estimate of drug-likeness (QED) is 0.895. The molecular formula is C12H14O5S. The number of fused-ring (bicyclic) bond motifs is 1. The Morgan fingerprint density at radius 3 is 2.83 bits per heavy atom. The molecule has 98 valence electrons. The Balaban J connectivity index is 2.36. The third-order valence-corrected chi connectivity index (χ3v) is 5.00. The number of carbonyl (C=O) groups is 1. The van der Waals surface area contributed by atoms with Gasteiger partial charge in [-0.2, -0.15) is 0 Å². The van der Waals surface area contributed by atoms with Gasteiger partial charge in [0, 0.05) is 12.3 Å². The number of carboxylic acids is 1. The summed E-state index contributed by atoms with van der Waals surface area (Å²) in [7, 11) is -1.76. The maximum absolute atomic E-state index is 11.9. The van der Waals surface area contributed by atoms with E-state index in [1.54, 1.807) is 12.1 Å². The van der Waals surface area contributed by atoms with E-state index >= 15 is 0 Å². The molecule has 2 rings (SSSR count). The van der Waals surface area contributed by atoms with Crippen molar-refractivity contribution in [3.8, 4) is 5.75 Å². The van der Waals surface area contributed by atoms with Gasteiger partial charge >= 0.3 is 5.97 Å². The fourth-order valence-corrected chi connectivity index (χ4v) is 4.15. The van der Waals surface area contributed by atoms with Gasteiger partial charge < -0.3 is 9.84 Å². The number of hydrogen-bond acceptors (Lipinski definition) is 4. The predicted molar refractivity (Wildman–Crippen MR) is 64.7 cm³/mol. The summed E-state index contributed by atoms with van der Waals surface area (Å²) >= 11 is 0. The molecule has 0 aliphatic carbocycles. The van der Waals surface area contributed by atoms with E-state index in [0.717, 1.165) is 0 Å². The van der Waals surface area contributed by atoms with Crippen LogP contribution in [0.5, 0.6) is 5.75 Å². The summed E-state index contributed by atoms with van der Waals surface area (Å²) < 4.78 is 28.9. The normalized spacial score (nSPS) is 20.4. The van der Waals surface area contributed by atoms with Crippen molar-refractivity contribution in [2.75, 3.05) is 12.9 Å². The van der Waals surface area contributed by atoms with E-state index in [1.807, 2.05) is 0 Å². The van der Waals surface area contributed by atoms with Gasteiger partial charge in [0.15, 0.2) is 9.84 Å². The van der Waals surface area contributed by atoms with Crippen LogP contribution in [0.1, 0.15) is 24.3 Å². The van der Waals surface area contributed by atoms with Gasteiger partial charge in [0.05, 0.1) is 17.8 Å². The van der Waals surface area contributed by atoms with Gasteiger partial charge in [-0.15, -0.1) is 0 Å². The molecule has 0 spiro atoms. The second-order valence-corrected chi connectivity index (χ2v) is 6.32. The number of benzene rings is 1. The van der Waals surface area contributed by atoms with E-state index in [1.165, 1.54) is 13.2 Å². The fraction of sp³-hybridized carbons (Fsp3) is 0.417. The molecule has 1 aromatic carbocycles. The zero-order valence-electron chi connectivity index (χ0n) is 9.92. The molecule has 1 atom stereocenters. The molecule has 5 nitrogen and oxygen atoms in total. The summed E-state index contributed by atoms with van der Waals surface area (Å²) in [6.45, 7) is 0. The predicted octanol–water partition coefficient (Wildman–Crippen LogP) is 1.43. The first-order valence-corrected chi connectivity index (χ1v) is 7.22. The van der Waals surface area contributed by atoms with Gasteiger partial charge in [0.2, 0.25) is 0 Å². The highest BCUT2D eigenvalue weighted by atomic mass is 32.2. The van der Waals surface area contributed by atoms with Crippen LogP contribution in [-0.4, -0.2) is 32.4 Å². The molecule has 6 heteroatoms. The Labute approximate surface area is 105 Å². The Morgan fingerprint density at radius 2 is 2.22 bits per heavy atom. The average Bonchev–Trinajstić information content (AvgIpc) is 2.58. The molecule has 0 radical (unpaired) electrons. The Morgan fingerprint density at radius 1 is 1.50 bits per heavy atom. The van der Waals surface area contributed by atoms with Crippen LogP contribution in [0, 0.1) is 0 Å². The van der Waals surface area contributed by atoms with Crippen molar-refractivity contribution >= 4 is 15.8 Å². The maximum atomic E-state index is 11.9. The van der Waals surface area contributed by atoms with Crippen LogP contribution in [0.15, 0.2) is 23.1 Å². The third-order valence-electron chi connectivity index (χ3n) is 3.12. The van der Waals surface area contributed by atoms with Crippen LogP contribution >= 0.6 is 0 Å². The monoisotopic (exact) mass is 270 g/mol. The first-order valence-electron chi connectivity index (χ1n) is 5.56. The third kappa shape index (κ3) is 2.33. The van der Waals surface area contributed by atoms with E-state index in [2.05, 4.69) is 0 Å². The number of carboxylic acid groups (broad SMARTS) is 1. The summed E-state index contributed by atoms with van der Waals surface area (Å²) in [5.41, 5.74) is 0.676. The molecule has 1 aromatic rings. The molecule has 0 saturated carbocycles. The molecule has 1 aliphatic heterocycles. The van der Waals surface area contributed by atoms with Crippen molar-refractivity contribution in [1.29, 1.82) is 0 Å². The Kier molecular flexibility index (Phi) is 3.30. The smallest absolute Gasteiger partial charge is 0.303 e. The van der Waals surface area contributed by atoms with E-state index in [9.17, 15) is 13.2 Å². The number of hydrogen-bond donors (Lipinski definition) is 1. The minimum absolute atomic E-state index is 0.0111. The highest BCUT2D eigenvalue weighted by Crippen LogP contribution is 2.39. The largest absolute Gasteiger partial charge is 0.497 e. The van der Waals surface area contributed by atoms with Crippen LogP contribution in [-0.2, 0) is 14.6 Å². The summed E-state index contributed by atoms with van der Waals surface area (Å²) in [5, 5.41) is 8.68. The molecule has 0 aromatic heterocycles. The fourth-order valence-electron chi connectivity index (χ4n) is 2.24. The minimum atomic E-state index is -3.28. The van der Waals surface area contributed by atoms with E-state index in [4.69, 9.17) is 9.84 Å². The number of sulfone groups is 1. The number of ether oxygens (including phenoxy) is 1. The molecule has 0 saturated heterocycles. The first-order chi connectivity index (χ1) is 8.44. The van der Waals surface area contributed by atoms with Crippen LogP contribution < -0.4 is 4.74 Å². The molecule has 18 heavy (non-hydrogen) atoms. The zero-order chi connectivity index (χ0) is 13.3. The van der Waals surface area contributed by atoms with Crippen LogP contribution in [0.25, 0.3) is 0 Å². The second-order valence-electron chi connectivity index (χ2n) is 4.31. The lowest BCUT2D eigenvalue weighted by Crippen LogP contribution is -2.06. The lowest BCUT2D eigenvalue weighted by Gasteiger charge is -2.09. The summed E-state index contributed by atoms with van der Waals surface area (Å²) in [6.07, 6.45) is 0.297. The lowest BCUT2D eigenvalue weighted by molar-refractivity contribution is -0.137. The lowest BCUT2D eigenvalue weighted by atomic mass is 9.96. The van der Waals surface area contributed by atoms with Crippen molar-refractivity contribution < 1.29 is 23.1 Å². The first kappa shape index (κ1) is 12.9. The van der Waals surface area contributed by atoms with Gasteiger partial charge in [-0.25, -0.2) is 8.42 Å². The van der Waals surface area contributed by atoms with Crippen molar-refractivity contribution in [3.63, 3.8) is 0 Å². The molecule has 0 bridgehead atoms. The summed E-state index contributed by atoms with van der Waals surface area (Å²) in [6, 6.07) is 4.83. The molecular weight excluding hydrogens is 256 g/mol. The average molecular weight is 270 g/mol. The Hall–Kier alpha value is -1.56. The molecule has 0 fully saturated rings. The highest BCUT2D eigenvalue weighted by Gasteiger charge is 2.34. The van der Waals surface area contributed by atoms with Crippen LogP contribution in [0.4, 0.5) is 0 Å². The topological polar surface area (TPSA) is 80.7 Å². The van der Waals surface area contributed by atoms with Crippen LogP contribution in [0.3, 0.4) is 0 Å². The van der Waals surface area contributed by atoms with Crippen molar-refractivity contribution in [2.24, 2.45) is 0 Å². The zero-order valence-corrected chi connectivity index (χ0v) is 10.7. The van der Waals surface area contributed by atoms with E-state index in [0.29, 0.717) is 22.6 Å². The van der Waals surface area contributed by atoms with Gasteiger partial charge in [0.1, 0.15) is 5.75 Å². The van der Waals surface area contributed by atoms with E-state index < -0.39 is 15.8 Å². The summed E-state index contributed by atoms with van der Waals surface area (Å²) in [4.78, 5) is 10.9. The number of rotatable bonds is 4. The van der Waals surface area contributed by atoms with Crippen molar-refractivity contribution in [2.45, 2.75) is 23.7 Å². The van der Waals surface area contributed by atoms with Gasteiger partial charge in [-0.3, -0.25) is 4.79 Å². The molecule has 1 heterocycles. The molecule has 1 unspecified atom stereocenters. The van der Waals surface area contributed by atoms with Gasteiger partial charge in [-0.05, 0) is 30.2 Å². The van der Waals surface area contributed by atoms with Gasteiger partial charge in [-0.1, -0.05) is 0 Å². The Bertz CT molecular complexity index is 576. The summed E-state index contributed by atoms with van der Waals surface area (Å²) in [5.74, 6) is -0.589. The minimum Gasteiger partial charge on any atom is -0.497 e. The number of aliphatic carboxylic acids is 1. The maximum Gasteiger partial charge on any atom is 0.303 e.